The van der Waals surface area contributed by atoms with Crippen LogP contribution in [-0.4, -0.2) is 44.3 Å². The van der Waals surface area contributed by atoms with Crippen LogP contribution in [0.25, 0.3) is 0 Å². The van der Waals surface area contributed by atoms with E-state index in [1.807, 2.05) is 0 Å². The summed E-state index contributed by atoms with van der Waals surface area (Å²) in [6, 6.07) is 0. The van der Waals surface area contributed by atoms with E-state index in [4.69, 9.17) is 0 Å². The van der Waals surface area contributed by atoms with Crippen molar-refractivity contribution in [2.45, 2.75) is 39.5 Å². The minimum Gasteiger partial charge on any atom is -0.324 e. The highest BCUT2D eigenvalue weighted by atomic mass is 15.4. The van der Waals surface area contributed by atoms with E-state index in [1.165, 1.54) is 62.9 Å². The molecule has 0 aromatic heterocycles. The molecule has 18 heavy (non-hydrogen) atoms. The van der Waals surface area contributed by atoms with Crippen LogP contribution >= 0.6 is 0 Å². The third kappa shape index (κ3) is 3.83. The normalized spacial score (nSPS) is 29.7. The van der Waals surface area contributed by atoms with Crippen molar-refractivity contribution in [3.05, 3.63) is 11.6 Å². The molecule has 104 valence electrons. The number of rotatable bonds is 4. The Balaban J connectivity index is 1.75. The van der Waals surface area contributed by atoms with Crippen molar-refractivity contribution in [2.24, 2.45) is 11.8 Å². The average molecular weight is 251 g/mol. The summed E-state index contributed by atoms with van der Waals surface area (Å²) in [7, 11) is 2.44. The van der Waals surface area contributed by atoms with Gasteiger partial charge in [0.2, 0.25) is 0 Å². The Hall–Kier alpha value is -0.340. The van der Waals surface area contributed by atoms with Gasteiger partial charge < -0.3 is 9.80 Å². The molecule has 1 aliphatic carbocycles. The molecule has 0 saturated carbocycles. The monoisotopic (exact) mass is 251 g/mol. The minimum atomic E-state index is 0.902. The number of nitrogens with zero attached hydrogens (tertiary/aromatic N) is 1. The standard InChI is InChI=1S/C16H31N2/c1-14-4-6-16(7-5-14)15(2)8-11-18(3)12-9-17-10-13-18/h4,15-17H,5-13H2,1-3H3/q+1. The van der Waals surface area contributed by atoms with Gasteiger partial charge in [-0.25, -0.2) is 0 Å². The van der Waals surface area contributed by atoms with Crippen molar-refractivity contribution in [3.8, 4) is 0 Å². The summed E-state index contributed by atoms with van der Waals surface area (Å²) in [6.45, 7) is 11.2. The van der Waals surface area contributed by atoms with Crippen LogP contribution in [0, 0.1) is 11.8 Å². The third-order valence-corrected chi connectivity index (χ3v) is 5.26. The van der Waals surface area contributed by atoms with Crippen molar-refractivity contribution in [2.75, 3.05) is 39.8 Å². The van der Waals surface area contributed by atoms with Gasteiger partial charge in [0, 0.05) is 13.1 Å². The van der Waals surface area contributed by atoms with Crippen molar-refractivity contribution in [1.82, 2.24) is 5.32 Å². The smallest absolute Gasteiger partial charge is 0.0911 e. The number of hydrogen-bond donors (Lipinski definition) is 1. The Kier molecular flexibility index (Phi) is 4.85. The van der Waals surface area contributed by atoms with Gasteiger partial charge in [0.05, 0.1) is 26.7 Å². The Morgan fingerprint density at radius 2 is 2.11 bits per heavy atom. The van der Waals surface area contributed by atoms with Gasteiger partial charge in [-0.2, -0.15) is 0 Å². The summed E-state index contributed by atoms with van der Waals surface area (Å²) in [6.07, 6.45) is 7.98. The second-order valence-corrected chi connectivity index (χ2v) is 6.89. The molecule has 2 heteroatoms. The fourth-order valence-electron chi connectivity index (χ4n) is 3.41. The Morgan fingerprint density at radius 3 is 2.72 bits per heavy atom. The zero-order valence-corrected chi connectivity index (χ0v) is 12.5. The van der Waals surface area contributed by atoms with Gasteiger partial charge in [0.15, 0.2) is 0 Å². The van der Waals surface area contributed by atoms with Gasteiger partial charge in [0.1, 0.15) is 0 Å². The van der Waals surface area contributed by atoms with E-state index in [2.05, 4.69) is 32.3 Å². The lowest BCUT2D eigenvalue weighted by Crippen LogP contribution is -2.56. The molecule has 2 rings (SSSR count). The van der Waals surface area contributed by atoms with Gasteiger partial charge in [-0.05, 0) is 44.4 Å². The first kappa shape index (κ1) is 14.1. The molecule has 0 aromatic carbocycles. The van der Waals surface area contributed by atoms with E-state index in [0.29, 0.717) is 0 Å². The lowest BCUT2D eigenvalue weighted by molar-refractivity contribution is -0.911. The van der Waals surface area contributed by atoms with E-state index >= 15 is 0 Å². The van der Waals surface area contributed by atoms with Crippen LogP contribution in [0.5, 0.6) is 0 Å². The Labute approximate surface area is 113 Å². The van der Waals surface area contributed by atoms with Crippen molar-refractivity contribution < 1.29 is 4.48 Å². The van der Waals surface area contributed by atoms with E-state index in [9.17, 15) is 0 Å². The molecular weight excluding hydrogens is 220 g/mol. The first-order chi connectivity index (χ1) is 8.59. The predicted octanol–water partition coefficient (Wildman–Crippen LogP) is 2.81. The number of hydrogen-bond acceptors (Lipinski definition) is 1. The fraction of sp³-hybridized carbons (Fsp3) is 0.875. The largest absolute Gasteiger partial charge is 0.324 e. The van der Waals surface area contributed by atoms with Crippen molar-refractivity contribution in [1.29, 1.82) is 0 Å². The predicted molar refractivity (Wildman–Crippen MR) is 78.5 cm³/mol. The number of allylic oxidation sites excluding steroid dienone is 2. The first-order valence-electron chi connectivity index (χ1n) is 7.79. The average Bonchev–Trinajstić information content (AvgIpc) is 2.38. The molecule has 0 bridgehead atoms. The summed E-state index contributed by atoms with van der Waals surface area (Å²) in [5.41, 5.74) is 1.61. The molecule has 1 N–H and O–H groups in total. The zero-order chi connectivity index (χ0) is 13.0. The molecule has 0 radical (unpaired) electrons. The van der Waals surface area contributed by atoms with E-state index in [-0.39, 0.29) is 0 Å². The van der Waals surface area contributed by atoms with Crippen molar-refractivity contribution >= 4 is 0 Å². The SMILES string of the molecule is CC1=CCC(C(C)CC[N+]2(C)CCNCC2)CC1. The second-order valence-electron chi connectivity index (χ2n) is 6.89. The number of likely N-dealkylation sites (N-methyl/N-ethyl adjacent to an activating group) is 1. The Bertz CT molecular complexity index is 289. The maximum absolute atomic E-state index is 3.47. The quantitative estimate of drug-likeness (QED) is 0.598. The van der Waals surface area contributed by atoms with Crippen LogP contribution in [0.2, 0.25) is 0 Å². The third-order valence-electron chi connectivity index (χ3n) is 5.26. The molecular formula is C16H31N2+. The lowest BCUT2D eigenvalue weighted by atomic mass is 9.80. The summed E-state index contributed by atoms with van der Waals surface area (Å²) < 4.78 is 1.29. The molecule has 0 aromatic rings. The molecule has 1 heterocycles. The fourth-order valence-corrected chi connectivity index (χ4v) is 3.41. The van der Waals surface area contributed by atoms with Crippen LogP contribution in [-0.2, 0) is 0 Å². The number of nitrogens with one attached hydrogen (secondary N) is 1. The molecule has 2 nitrogen and oxygen atoms in total. The molecule has 1 aliphatic heterocycles. The highest BCUT2D eigenvalue weighted by molar-refractivity contribution is 5.03. The second kappa shape index (κ2) is 6.21. The summed E-state index contributed by atoms with van der Waals surface area (Å²) in [5, 5.41) is 3.47. The summed E-state index contributed by atoms with van der Waals surface area (Å²) in [5.74, 6) is 1.85. The van der Waals surface area contributed by atoms with Crippen LogP contribution in [0.1, 0.15) is 39.5 Å². The first-order valence-corrected chi connectivity index (χ1v) is 7.79. The van der Waals surface area contributed by atoms with Crippen LogP contribution < -0.4 is 5.32 Å². The van der Waals surface area contributed by atoms with Gasteiger partial charge >= 0.3 is 0 Å². The van der Waals surface area contributed by atoms with Crippen LogP contribution in [0.15, 0.2) is 11.6 Å². The molecule has 1 saturated heterocycles. The molecule has 2 aliphatic rings. The maximum atomic E-state index is 3.47. The molecule has 2 atom stereocenters. The van der Waals surface area contributed by atoms with Crippen LogP contribution in [0.3, 0.4) is 0 Å². The molecule has 0 amide bonds. The number of piperazine rings is 1. The van der Waals surface area contributed by atoms with Crippen LogP contribution in [0.4, 0.5) is 0 Å². The van der Waals surface area contributed by atoms with E-state index in [0.717, 1.165) is 11.8 Å². The van der Waals surface area contributed by atoms with Crippen molar-refractivity contribution in [3.63, 3.8) is 0 Å². The van der Waals surface area contributed by atoms with E-state index < -0.39 is 0 Å². The maximum Gasteiger partial charge on any atom is 0.0911 e. The zero-order valence-electron chi connectivity index (χ0n) is 12.5. The topological polar surface area (TPSA) is 12.0 Å². The number of quaternary nitrogens is 1. The minimum absolute atomic E-state index is 0.902. The van der Waals surface area contributed by atoms with Gasteiger partial charge in [-0.1, -0.05) is 18.6 Å². The molecule has 1 fully saturated rings. The summed E-state index contributed by atoms with van der Waals surface area (Å²) in [4.78, 5) is 0. The lowest BCUT2D eigenvalue weighted by Gasteiger charge is -2.39. The van der Waals surface area contributed by atoms with Gasteiger partial charge in [-0.3, -0.25) is 0 Å². The van der Waals surface area contributed by atoms with Gasteiger partial charge in [0.25, 0.3) is 0 Å². The Morgan fingerprint density at radius 1 is 1.39 bits per heavy atom. The molecule has 2 unspecified atom stereocenters. The highest BCUT2D eigenvalue weighted by Crippen LogP contribution is 2.31. The van der Waals surface area contributed by atoms with E-state index in [1.54, 1.807) is 5.57 Å². The molecule has 0 spiro atoms. The summed E-state index contributed by atoms with van der Waals surface area (Å²) >= 11 is 0. The highest BCUT2D eigenvalue weighted by Gasteiger charge is 2.27. The van der Waals surface area contributed by atoms with Gasteiger partial charge in [-0.15, -0.1) is 0 Å².